The predicted molar refractivity (Wildman–Crippen MR) is 70.0 cm³/mol. The van der Waals surface area contributed by atoms with E-state index < -0.39 is 0 Å². The predicted octanol–water partition coefficient (Wildman–Crippen LogP) is 2.55. The summed E-state index contributed by atoms with van der Waals surface area (Å²) < 4.78 is 5.21. The fourth-order valence-electron chi connectivity index (χ4n) is 1.29. The van der Waals surface area contributed by atoms with Gasteiger partial charge in [0.15, 0.2) is 0 Å². The van der Waals surface area contributed by atoms with Gasteiger partial charge in [-0.05, 0) is 6.42 Å². The lowest BCUT2D eigenvalue weighted by Gasteiger charge is -2.06. The van der Waals surface area contributed by atoms with E-state index in [0.717, 1.165) is 28.6 Å². The maximum absolute atomic E-state index is 11.6. The third-order valence-corrected chi connectivity index (χ3v) is 6.07. The Morgan fingerprint density at radius 2 is 2.31 bits per heavy atom. The summed E-state index contributed by atoms with van der Waals surface area (Å²) in [7, 11) is 0. The summed E-state index contributed by atoms with van der Waals surface area (Å²) in [6.45, 7) is 2.38. The van der Waals surface area contributed by atoms with Crippen LogP contribution in [0.5, 0.6) is 0 Å². The lowest BCUT2D eigenvalue weighted by Crippen LogP contribution is -2.14. The van der Waals surface area contributed by atoms with E-state index in [0.29, 0.717) is 6.61 Å². The minimum Gasteiger partial charge on any atom is -0.458 e. The fraction of sp³-hybridized carbons (Fsp3) is 0.600. The van der Waals surface area contributed by atoms with Gasteiger partial charge >= 0.3 is 5.97 Å². The Morgan fingerprint density at radius 1 is 1.56 bits per heavy atom. The molecule has 0 aromatic carbocycles. The molecule has 2 heterocycles. The molecule has 0 N–H and O–H groups in total. The van der Waals surface area contributed by atoms with E-state index in [2.05, 4.69) is 11.9 Å². The number of rotatable bonds is 4. The zero-order valence-corrected chi connectivity index (χ0v) is 11.4. The summed E-state index contributed by atoms with van der Waals surface area (Å²) in [4.78, 5) is 16.0. The number of esters is 1. The maximum Gasteiger partial charge on any atom is 0.329 e. The molecule has 0 amide bonds. The first kappa shape index (κ1) is 12.3. The molecule has 0 spiro atoms. The van der Waals surface area contributed by atoms with E-state index in [1.54, 1.807) is 34.9 Å². The molecule has 88 valence electrons. The standard InChI is InChI=1S/C10H13NO2S3/c1-2-8-11-7(6-16-8)5-13-9(12)10-14-3-4-15-10/h6,10H,2-5H2,1H3. The zero-order valence-electron chi connectivity index (χ0n) is 8.97. The molecule has 0 saturated carbocycles. The Hall–Kier alpha value is -0.200. The first-order valence-electron chi connectivity index (χ1n) is 5.12. The van der Waals surface area contributed by atoms with E-state index in [1.807, 2.05) is 5.38 Å². The second-order valence-corrected chi connectivity index (χ2v) is 6.93. The van der Waals surface area contributed by atoms with Crippen molar-refractivity contribution in [3.05, 3.63) is 16.1 Å². The number of carbonyl (C=O) groups is 1. The number of ether oxygens (including phenoxy) is 1. The lowest BCUT2D eigenvalue weighted by molar-refractivity contribution is -0.142. The van der Waals surface area contributed by atoms with Crippen LogP contribution in [0.1, 0.15) is 17.6 Å². The largest absolute Gasteiger partial charge is 0.458 e. The van der Waals surface area contributed by atoms with Gasteiger partial charge < -0.3 is 4.74 Å². The van der Waals surface area contributed by atoms with Gasteiger partial charge in [0.05, 0.1) is 10.7 Å². The first-order chi connectivity index (χ1) is 7.79. The molecule has 0 radical (unpaired) electrons. The minimum atomic E-state index is -0.112. The highest BCUT2D eigenvalue weighted by molar-refractivity contribution is 8.21. The Balaban J connectivity index is 1.80. The average molecular weight is 275 g/mol. The molecule has 16 heavy (non-hydrogen) atoms. The first-order valence-corrected chi connectivity index (χ1v) is 8.10. The van der Waals surface area contributed by atoms with Crippen LogP contribution in [0.2, 0.25) is 0 Å². The monoisotopic (exact) mass is 275 g/mol. The SMILES string of the molecule is CCc1nc(COC(=O)C2SCCS2)cs1. The summed E-state index contributed by atoms with van der Waals surface area (Å²) in [5.74, 6) is 1.97. The molecule has 2 rings (SSSR count). The van der Waals surface area contributed by atoms with Gasteiger partial charge in [-0.25, -0.2) is 9.78 Å². The quantitative estimate of drug-likeness (QED) is 0.790. The Labute approximate surface area is 107 Å². The second-order valence-electron chi connectivity index (χ2n) is 3.27. The minimum absolute atomic E-state index is 0.0238. The number of aryl methyl sites for hydroxylation is 1. The van der Waals surface area contributed by atoms with Gasteiger partial charge in [-0.3, -0.25) is 0 Å². The van der Waals surface area contributed by atoms with Crippen molar-refractivity contribution in [3.8, 4) is 0 Å². The molecule has 1 saturated heterocycles. The molecule has 0 bridgehead atoms. The molecular weight excluding hydrogens is 262 g/mol. The molecule has 1 aliphatic heterocycles. The topological polar surface area (TPSA) is 39.2 Å². The fourth-order valence-corrected chi connectivity index (χ4v) is 4.58. The molecule has 3 nitrogen and oxygen atoms in total. The third kappa shape index (κ3) is 3.15. The van der Waals surface area contributed by atoms with E-state index in [-0.39, 0.29) is 10.6 Å². The van der Waals surface area contributed by atoms with Crippen molar-refractivity contribution >= 4 is 40.8 Å². The molecular formula is C10H13NO2S3. The van der Waals surface area contributed by atoms with Crippen LogP contribution >= 0.6 is 34.9 Å². The summed E-state index contributed by atoms with van der Waals surface area (Å²) in [6, 6.07) is 0. The number of hydrogen-bond donors (Lipinski definition) is 0. The number of hydrogen-bond acceptors (Lipinski definition) is 6. The molecule has 0 unspecified atom stereocenters. The molecule has 6 heteroatoms. The van der Waals surface area contributed by atoms with Crippen LogP contribution in [0.25, 0.3) is 0 Å². The highest BCUT2D eigenvalue weighted by Gasteiger charge is 2.25. The van der Waals surface area contributed by atoms with Crippen molar-refractivity contribution in [1.29, 1.82) is 0 Å². The molecule has 0 aliphatic carbocycles. The highest BCUT2D eigenvalue weighted by atomic mass is 32.2. The van der Waals surface area contributed by atoms with E-state index in [4.69, 9.17) is 4.74 Å². The highest BCUT2D eigenvalue weighted by Crippen LogP contribution is 2.32. The van der Waals surface area contributed by atoms with Crippen molar-refractivity contribution in [3.63, 3.8) is 0 Å². The maximum atomic E-state index is 11.6. The molecule has 1 aliphatic rings. The van der Waals surface area contributed by atoms with Gasteiger partial charge in [-0.1, -0.05) is 6.92 Å². The van der Waals surface area contributed by atoms with Gasteiger partial charge in [-0.2, -0.15) is 0 Å². The van der Waals surface area contributed by atoms with E-state index >= 15 is 0 Å². The normalized spacial score (nSPS) is 16.6. The van der Waals surface area contributed by atoms with Crippen LogP contribution in [0.3, 0.4) is 0 Å². The molecule has 1 aromatic heterocycles. The zero-order chi connectivity index (χ0) is 11.4. The number of nitrogens with zero attached hydrogens (tertiary/aromatic N) is 1. The average Bonchev–Trinajstić information content (AvgIpc) is 2.96. The lowest BCUT2D eigenvalue weighted by atomic mass is 10.5. The van der Waals surface area contributed by atoms with Crippen LogP contribution in [0.4, 0.5) is 0 Å². The number of aromatic nitrogens is 1. The number of thioether (sulfide) groups is 2. The van der Waals surface area contributed by atoms with Crippen LogP contribution in [0, 0.1) is 0 Å². The third-order valence-electron chi connectivity index (χ3n) is 2.08. The van der Waals surface area contributed by atoms with E-state index in [1.165, 1.54) is 0 Å². The van der Waals surface area contributed by atoms with Gasteiger partial charge in [-0.15, -0.1) is 34.9 Å². The summed E-state index contributed by atoms with van der Waals surface area (Å²) in [6.07, 6.45) is 0.937. The van der Waals surface area contributed by atoms with Crippen LogP contribution < -0.4 is 0 Å². The van der Waals surface area contributed by atoms with Gasteiger partial charge in [0.2, 0.25) is 0 Å². The van der Waals surface area contributed by atoms with Crippen LogP contribution in [-0.4, -0.2) is 27.0 Å². The Bertz CT molecular complexity index is 361. The number of thiazole rings is 1. The van der Waals surface area contributed by atoms with Gasteiger partial charge in [0, 0.05) is 16.9 Å². The van der Waals surface area contributed by atoms with Crippen molar-refractivity contribution in [2.24, 2.45) is 0 Å². The van der Waals surface area contributed by atoms with Crippen LogP contribution in [0.15, 0.2) is 5.38 Å². The Morgan fingerprint density at radius 3 is 2.94 bits per heavy atom. The smallest absolute Gasteiger partial charge is 0.329 e. The van der Waals surface area contributed by atoms with Gasteiger partial charge in [0.1, 0.15) is 11.2 Å². The van der Waals surface area contributed by atoms with Crippen molar-refractivity contribution < 1.29 is 9.53 Å². The molecule has 1 fully saturated rings. The van der Waals surface area contributed by atoms with Crippen molar-refractivity contribution in [2.45, 2.75) is 24.5 Å². The summed E-state index contributed by atoms with van der Waals surface area (Å²) in [5, 5.41) is 3.05. The summed E-state index contributed by atoms with van der Waals surface area (Å²) >= 11 is 4.95. The van der Waals surface area contributed by atoms with E-state index in [9.17, 15) is 4.79 Å². The van der Waals surface area contributed by atoms with Crippen LogP contribution in [-0.2, 0) is 22.6 Å². The van der Waals surface area contributed by atoms with Crippen molar-refractivity contribution in [1.82, 2.24) is 4.98 Å². The van der Waals surface area contributed by atoms with Crippen molar-refractivity contribution in [2.75, 3.05) is 11.5 Å². The summed E-state index contributed by atoms with van der Waals surface area (Å²) in [5.41, 5.74) is 0.864. The Kier molecular flexibility index (Phi) is 4.55. The molecule has 1 aromatic rings. The molecule has 0 atom stereocenters. The number of carbonyl (C=O) groups excluding carboxylic acids is 1. The van der Waals surface area contributed by atoms with Gasteiger partial charge in [0.25, 0.3) is 0 Å². The second kappa shape index (κ2) is 5.93.